The van der Waals surface area contributed by atoms with Crippen LogP contribution < -0.4 is 10.6 Å². The lowest BCUT2D eigenvalue weighted by Gasteiger charge is -2.18. The van der Waals surface area contributed by atoms with Crippen molar-refractivity contribution in [2.24, 2.45) is 5.92 Å². The van der Waals surface area contributed by atoms with E-state index in [2.05, 4.69) is 17.6 Å². The topological polar surface area (TPSA) is 67.4 Å². The molecule has 138 valence electrons. The molecule has 5 nitrogen and oxygen atoms in total. The van der Waals surface area contributed by atoms with Gasteiger partial charge in [0.1, 0.15) is 5.00 Å². The van der Waals surface area contributed by atoms with E-state index in [1.165, 1.54) is 16.2 Å². The highest BCUT2D eigenvalue weighted by atomic mass is 32.1. The molecule has 0 saturated heterocycles. The van der Waals surface area contributed by atoms with Crippen LogP contribution in [0.1, 0.15) is 44.5 Å². The van der Waals surface area contributed by atoms with Gasteiger partial charge in [-0.05, 0) is 42.9 Å². The Kier molecular flexibility index (Phi) is 6.06. The van der Waals surface area contributed by atoms with Gasteiger partial charge in [-0.1, -0.05) is 25.1 Å². The summed E-state index contributed by atoms with van der Waals surface area (Å²) in [6.07, 6.45) is 2.90. The minimum absolute atomic E-state index is 0.141. The first kappa shape index (κ1) is 18.6. The highest BCUT2D eigenvalue weighted by Gasteiger charge is 2.28. The molecule has 0 radical (unpaired) electrons. The number of amides is 2. The average molecular weight is 372 g/mol. The smallest absolute Gasteiger partial charge is 0.256 e. The van der Waals surface area contributed by atoms with Gasteiger partial charge in [-0.15, -0.1) is 11.3 Å². The van der Waals surface area contributed by atoms with Crippen LogP contribution in [-0.4, -0.2) is 32.1 Å². The largest absolute Gasteiger partial charge is 0.383 e. The Bertz CT molecular complexity index is 786. The molecule has 1 aromatic heterocycles. The van der Waals surface area contributed by atoms with Crippen molar-refractivity contribution in [1.29, 1.82) is 0 Å². The first-order valence-electron chi connectivity index (χ1n) is 8.88. The zero-order chi connectivity index (χ0) is 18.5. The van der Waals surface area contributed by atoms with Crippen molar-refractivity contribution in [2.75, 3.05) is 25.6 Å². The number of rotatable bonds is 6. The number of benzene rings is 1. The maximum absolute atomic E-state index is 12.8. The minimum atomic E-state index is -0.191. The zero-order valence-corrected chi connectivity index (χ0v) is 15.9. The Morgan fingerprint density at radius 1 is 1.23 bits per heavy atom. The van der Waals surface area contributed by atoms with E-state index < -0.39 is 0 Å². The molecule has 1 aliphatic rings. The number of methoxy groups -OCH3 is 1. The van der Waals surface area contributed by atoms with E-state index in [1.807, 2.05) is 18.2 Å². The standard InChI is InChI=1S/C20H24N2O3S/c1-13-8-9-15-16(12-13)26-20(17(15)19(24)21-10-11-25-2)22-18(23)14-6-4-3-5-7-14/h3-7,13H,8-12H2,1-2H3,(H,21,24)(H,22,23)/t13-/m0/s1. The van der Waals surface area contributed by atoms with Crippen LogP contribution in [0.2, 0.25) is 0 Å². The summed E-state index contributed by atoms with van der Waals surface area (Å²) in [5.74, 6) is 0.267. The highest BCUT2D eigenvalue weighted by Crippen LogP contribution is 2.39. The average Bonchev–Trinajstić information content (AvgIpc) is 2.99. The summed E-state index contributed by atoms with van der Waals surface area (Å²) in [5, 5.41) is 6.50. The van der Waals surface area contributed by atoms with Crippen LogP contribution in [0, 0.1) is 5.92 Å². The second kappa shape index (κ2) is 8.47. The fourth-order valence-corrected chi connectivity index (χ4v) is 4.60. The van der Waals surface area contributed by atoms with Crippen molar-refractivity contribution in [1.82, 2.24) is 5.32 Å². The van der Waals surface area contributed by atoms with E-state index >= 15 is 0 Å². The summed E-state index contributed by atoms with van der Waals surface area (Å²) in [6, 6.07) is 9.06. The summed E-state index contributed by atoms with van der Waals surface area (Å²) in [4.78, 5) is 26.5. The molecule has 26 heavy (non-hydrogen) atoms. The maximum Gasteiger partial charge on any atom is 0.256 e. The molecule has 0 fully saturated rings. The predicted molar refractivity (Wildman–Crippen MR) is 104 cm³/mol. The third-order valence-corrected chi connectivity index (χ3v) is 5.76. The van der Waals surface area contributed by atoms with E-state index in [0.29, 0.717) is 35.2 Å². The van der Waals surface area contributed by atoms with Crippen LogP contribution in [-0.2, 0) is 17.6 Å². The molecular weight excluding hydrogens is 348 g/mol. The quantitative estimate of drug-likeness (QED) is 0.763. The van der Waals surface area contributed by atoms with Crippen LogP contribution in [0.25, 0.3) is 0 Å². The number of thiophene rings is 1. The molecule has 1 atom stereocenters. The molecule has 2 N–H and O–H groups in total. The molecule has 1 heterocycles. The van der Waals surface area contributed by atoms with Gasteiger partial charge in [0.2, 0.25) is 0 Å². The number of anilines is 1. The highest BCUT2D eigenvalue weighted by molar-refractivity contribution is 7.17. The Morgan fingerprint density at radius 2 is 2.00 bits per heavy atom. The summed E-state index contributed by atoms with van der Waals surface area (Å²) in [5.41, 5.74) is 2.29. The molecule has 2 amide bonds. The number of hydrogen-bond donors (Lipinski definition) is 2. The summed E-state index contributed by atoms with van der Waals surface area (Å²) in [6.45, 7) is 3.13. The monoisotopic (exact) mass is 372 g/mol. The lowest BCUT2D eigenvalue weighted by Crippen LogP contribution is -2.29. The van der Waals surface area contributed by atoms with Crippen LogP contribution in [0.15, 0.2) is 30.3 Å². The van der Waals surface area contributed by atoms with Crippen molar-refractivity contribution in [2.45, 2.75) is 26.2 Å². The van der Waals surface area contributed by atoms with Crippen LogP contribution >= 0.6 is 11.3 Å². The minimum Gasteiger partial charge on any atom is -0.383 e. The van der Waals surface area contributed by atoms with Crippen molar-refractivity contribution >= 4 is 28.2 Å². The van der Waals surface area contributed by atoms with Crippen molar-refractivity contribution in [3.8, 4) is 0 Å². The molecule has 0 unspecified atom stereocenters. The molecular formula is C20H24N2O3S. The molecule has 3 rings (SSSR count). The lowest BCUT2D eigenvalue weighted by atomic mass is 9.88. The number of hydrogen-bond acceptors (Lipinski definition) is 4. The maximum atomic E-state index is 12.8. The van der Waals surface area contributed by atoms with Gasteiger partial charge in [0.15, 0.2) is 0 Å². The van der Waals surface area contributed by atoms with Gasteiger partial charge in [-0.2, -0.15) is 0 Å². The van der Waals surface area contributed by atoms with Gasteiger partial charge in [0, 0.05) is 24.1 Å². The van der Waals surface area contributed by atoms with Crippen LogP contribution in [0.5, 0.6) is 0 Å². The second-order valence-electron chi connectivity index (χ2n) is 6.62. The molecule has 2 aromatic rings. The predicted octanol–water partition coefficient (Wildman–Crippen LogP) is 3.50. The number of fused-ring (bicyclic) bond motifs is 1. The SMILES string of the molecule is COCCNC(=O)c1c(NC(=O)c2ccccc2)sc2c1CC[C@H](C)C2. The Balaban J connectivity index is 1.88. The Hall–Kier alpha value is -2.18. The summed E-state index contributed by atoms with van der Waals surface area (Å²) in [7, 11) is 1.60. The Labute approximate surface area is 157 Å². The van der Waals surface area contributed by atoms with Gasteiger partial charge in [-0.25, -0.2) is 0 Å². The zero-order valence-electron chi connectivity index (χ0n) is 15.1. The third kappa shape index (κ3) is 4.14. The van der Waals surface area contributed by atoms with Gasteiger partial charge in [-0.3, -0.25) is 9.59 Å². The fraction of sp³-hybridized carbons (Fsp3) is 0.400. The second-order valence-corrected chi connectivity index (χ2v) is 7.73. The molecule has 0 spiro atoms. The normalized spacial score (nSPS) is 16.0. The van der Waals surface area contributed by atoms with E-state index in [0.717, 1.165) is 24.8 Å². The van der Waals surface area contributed by atoms with Gasteiger partial charge >= 0.3 is 0 Å². The van der Waals surface area contributed by atoms with Crippen molar-refractivity contribution in [3.63, 3.8) is 0 Å². The number of carbonyl (C=O) groups is 2. The number of ether oxygens (including phenoxy) is 1. The molecule has 6 heteroatoms. The molecule has 1 aromatic carbocycles. The van der Waals surface area contributed by atoms with E-state index in [-0.39, 0.29) is 11.8 Å². The van der Waals surface area contributed by atoms with Crippen molar-refractivity contribution in [3.05, 3.63) is 51.9 Å². The van der Waals surface area contributed by atoms with Crippen molar-refractivity contribution < 1.29 is 14.3 Å². The van der Waals surface area contributed by atoms with Crippen LogP contribution in [0.4, 0.5) is 5.00 Å². The first-order valence-corrected chi connectivity index (χ1v) is 9.70. The lowest BCUT2D eigenvalue weighted by molar-refractivity contribution is 0.0937. The van der Waals surface area contributed by atoms with E-state index in [4.69, 9.17) is 4.74 Å². The Morgan fingerprint density at radius 3 is 2.73 bits per heavy atom. The molecule has 0 bridgehead atoms. The number of carbonyl (C=O) groups excluding carboxylic acids is 2. The van der Waals surface area contributed by atoms with Gasteiger partial charge in [0.25, 0.3) is 11.8 Å². The van der Waals surface area contributed by atoms with Crippen LogP contribution in [0.3, 0.4) is 0 Å². The van der Waals surface area contributed by atoms with E-state index in [1.54, 1.807) is 19.2 Å². The first-order chi connectivity index (χ1) is 12.6. The van der Waals surface area contributed by atoms with Gasteiger partial charge in [0.05, 0.1) is 12.2 Å². The molecule has 0 aliphatic heterocycles. The fourth-order valence-electron chi connectivity index (χ4n) is 3.20. The number of nitrogens with one attached hydrogen (secondary N) is 2. The molecule has 1 aliphatic carbocycles. The third-order valence-electron chi connectivity index (χ3n) is 4.59. The summed E-state index contributed by atoms with van der Waals surface area (Å²) < 4.78 is 5.01. The summed E-state index contributed by atoms with van der Waals surface area (Å²) >= 11 is 1.53. The van der Waals surface area contributed by atoms with Gasteiger partial charge < -0.3 is 15.4 Å². The molecule has 0 saturated carbocycles. The van der Waals surface area contributed by atoms with E-state index in [9.17, 15) is 9.59 Å².